The van der Waals surface area contributed by atoms with Crippen LogP contribution in [0.1, 0.15) is 26.2 Å². The molecule has 5 N–H and O–H groups in total. The van der Waals surface area contributed by atoms with Crippen LogP contribution >= 0.6 is 0 Å². The van der Waals surface area contributed by atoms with Crippen molar-refractivity contribution < 1.29 is 28.8 Å². The molecule has 0 aliphatic carbocycles. The van der Waals surface area contributed by atoms with Crippen LogP contribution in [0.4, 0.5) is 0 Å². The Kier molecular flexibility index (Phi) is 8.41. The Morgan fingerprint density at radius 3 is 2.40 bits per heavy atom. The van der Waals surface area contributed by atoms with Gasteiger partial charge in [0.2, 0.25) is 5.91 Å². The van der Waals surface area contributed by atoms with Gasteiger partial charge in [0, 0.05) is 28.4 Å². The highest BCUT2D eigenvalue weighted by Gasteiger charge is 2.16. The Morgan fingerprint density at radius 1 is 1.35 bits per heavy atom. The first-order valence-corrected chi connectivity index (χ1v) is 7.26. The van der Waals surface area contributed by atoms with Crippen LogP contribution < -0.4 is 11.1 Å². The molecular weight excluding hydrogens is 288 g/mol. The second-order valence-electron chi connectivity index (χ2n) is 3.95. The molecule has 114 valence electrons. The van der Waals surface area contributed by atoms with Gasteiger partial charge in [-0.1, -0.05) is 6.92 Å². The van der Waals surface area contributed by atoms with Gasteiger partial charge in [0.25, 0.3) is 0 Å². The van der Waals surface area contributed by atoms with Gasteiger partial charge in [0.15, 0.2) is 0 Å². The third kappa shape index (κ3) is 7.64. The van der Waals surface area contributed by atoms with Gasteiger partial charge in [0.05, 0.1) is 0 Å². The lowest BCUT2D eigenvalue weighted by Crippen LogP contribution is -2.33. The maximum atomic E-state index is 11.5. The van der Waals surface area contributed by atoms with E-state index in [4.69, 9.17) is 15.9 Å². The van der Waals surface area contributed by atoms with Crippen molar-refractivity contribution in [3.05, 3.63) is 11.1 Å². The van der Waals surface area contributed by atoms with E-state index in [2.05, 4.69) is 5.32 Å². The van der Waals surface area contributed by atoms with Crippen LogP contribution in [0.5, 0.6) is 0 Å². The minimum absolute atomic E-state index is 0.119. The number of amides is 1. The number of nitrogens with one attached hydrogen (secondary N) is 1. The van der Waals surface area contributed by atoms with Crippen molar-refractivity contribution in [2.24, 2.45) is 5.73 Å². The van der Waals surface area contributed by atoms with Crippen LogP contribution in [0, 0.1) is 0 Å². The first-order valence-electron chi connectivity index (χ1n) is 5.88. The molecule has 0 aliphatic heterocycles. The van der Waals surface area contributed by atoms with E-state index in [0.717, 1.165) is 5.41 Å². The summed E-state index contributed by atoms with van der Waals surface area (Å²) < 4.78 is 11.4. The van der Waals surface area contributed by atoms with Gasteiger partial charge in [-0.05, 0) is 12.8 Å². The molecule has 0 rings (SSSR count). The Balaban J connectivity index is 4.53. The summed E-state index contributed by atoms with van der Waals surface area (Å²) in [6.07, 6.45) is 0.252. The molecule has 20 heavy (non-hydrogen) atoms. The highest BCUT2D eigenvalue weighted by Crippen LogP contribution is 2.00. The Bertz CT molecular complexity index is 435. The zero-order valence-electron chi connectivity index (χ0n) is 11.0. The van der Waals surface area contributed by atoms with E-state index in [1.165, 1.54) is 0 Å². The molecule has 0 aromatic carbocycles. The summed E-state index contributed by atoms with van der Waals surface area (Å²) in [6.45, 7) is 1.79. The molecule has 0 fully saturated rings. The minimum Gasteiger partial charge on any atom is -0.480 e. The van der Waals surface area contributed by atoms with Gasteiger partial charge in [-0.25, -0.2) is 4.79 Å². The van der Waals surface area contributed by atoms with Gasteiger partial charge in [-0.2, -0.15) is 0 Å². The molecule has 1 amide bonds. The predicted octanol–water partition coefficient (Wildman–Crippen LogP) is -0.621. The maximum Gasteiger partial charge on any atom is 0.353 e. The Morgan fingerprint density at radius 2 is 1.95 bits per heavy atom. The highest BCUT2D eigenvalue weighted by atomic mass is 32.2. The van der Waals surface area contributed by atoms with Crippen molar-refractivity contribution in [2.45, 2.75) is 32.2 Å². The molecule has 0 saturated heterocycles. The number of nitrogens with two attached hydrogens (primary N) is 1. The van der Waals surface area contributed by atoms with E-state index >= 15 is 0 Å². The molecule has 0 saturated carbocycles. The summed E-state index contributed by atoms with van der Waals surface area (Å²) in [4.78, 5) is 32.8. The quantitative estimate of drug-likeness (QED) is 0.415. The Hall–Kier alpha value is -1.74. The number of aliphatic carboxylic acids is 2. The fourth-order valence-electron chi connectivity index (χ4n) is 1.15. The SMILES string of the molecule is CCCS(=O)C=C(NC(=O)CCC(N)C(=O)O)C(=O)O. The van der Waals surface area contributed by atoms with Crippen molar-refractivity contribution in [1.29, 1.82) is 0 Å². The van der Waals surface area contributed by atoms with Crippen LogP contribution in [0.2, 0.25) is 0 Å². The van der Waals surface area contributed by atoms with Crippen LogP contribution in [0.15, 0.2) is 11.1 Å². The van der Waals surface area contributed by atoms with E-state index < -0.39 is 40.4 Å². The predicted molar refractivity (Wildman–Crippen MR) is 72.0 cm³/mol. The molecule has 0 bridgehead atoms. The van der Waals surface area contributed by atoms with Gasteiger partial charge in [-0.3, -0.25) is 13.8 Å². The van der Waals surface area contributed by atoms with Gasteiger partial charge < -0.3 is 21.3 Å². The molecule has 0 aromatic rings. The Labute approximate surface area is 118 Å². The van der Waals surface area contributed by atoms with Gasteiger partial charge in [-0.15, -0.1) is 0 Å². The highest BCUT2D eigenvalue weighted by molar-refractivity contribution is 7.88. The third-order valence-electron chi connectivity index (χ3n) is 2.16. The molecule has 0 heterocycles. The van der Waals surface area contributed by atoms with Crippen LogP contribution in [0.25, 0.3) is 0 Å². The minimum atomic E-state index is -1.48. The number of carboxylic acids is 2. The second-order valence-corrected chi connectivity index (χ2v) is 5.36. The summed E-state index contributed by atoms with van der Waals surface area (Å²) in [5, 5.41) is 20.4. The fraction of sp³-hybridized carbons (Fsp3) is 0.545. The van der Waals surface area contributed by atoms with E-state index in [0.29, 0.717) is 6.42 Å². The summed E-state index contributed by atoms with van der Waals surface area (Å²) in [6, 6.07) is -1.19. The molecule has 0 spiro atoms. The topological polar surface area (TPSA) is 147 Å². The number of carboxylic acid groups (broad SMARTS) is 2. The van der Waals surface area contributed by atoms with Gasteiger partial charge >= 0.3 is 11.9 Å². The van der Waals surface area contributed by atoms with E-state index in [9.17, 15) is 18.6 Å². The molecule has 2 atom stereocenters. The van der Waals surface area contributed by atoms with Crippen molar-refractivity contribution in [3.8, 4) is 0 Å². The van der Waals surface area contributed by atoms with Crippen molar-refractivity contribution in [3.63, 3.8) is 0 Å². The zero-order valence-corrected chi connectivity index (χ0v) is 11.8. The lowest BCUT2D eigenvalue weighted by molar-refractivity contribution is -0.139. The molecule has 0 radical (unpaired) electrons. The lowest BCUT2D eigenvalue weighted by Gasteiger charge is -2.08. The largest absolute Gasteiger partial charge is 0.480 e. The average molecular weight is 306 g/mol. The van der Waals surface area contributed by atoms with E-state index in [1.54, 1.807) is 6.92 Å². The maximum absolute atomic E-state index is 11.5. The van der Waals surface area contributed by atoms with Gasteiger partial charge in [0.1, 0.15) is 11.7 Å². The zero-order chi connectivity index (χ0) is 15.7. The van der Waals surface area contributed by atoms with Crippen LogP contribution in [-0.2, 0) is 25.2 Å². The number of carbonyl (C=O) groups excluding carboxylic acids is 1. The number of hydrogen-bond acceptors (Lipinski definition) is 5. The molecular formula is C11H18N2O6S. The summed E-state index contributed by atoms with van der Waals surface area (Å²) in [5.74, 6) is -3.05. The van der Waals surface area contributed by atoms with Crippen molar-refractivity contribution in [2.75, 3.05) is 5.75 Å². The normalized spacial score (nSPS) is 14.4. The van der Waals surface area contributed by atoms with Crippen LogP contribution in [0.3, 0.4) is 0 Å². The second kappa shape index (κ2) is 9.21. The van der Waals surface area contributed by atoms with E-state index in [-0.39, 0.29) is 18.6 Å². The first kappa shape index (κ1) is 18.3. The molecule has 0 aliphatic rings. The van der Waals surface area contributed by atoms with Crippen LogP contribution in [-0.4, -0.2) is 44.1 Å². The van der Waals surface area contributed by atoms with E-state index in [1.807, 2.05) is 0 Å². The standard InChI is InChI=1S/C11H18N2O6S/c1-2-5-20(19)6-8(11(17)18)13-9(14)4-3-7(12)10(15)16/h6-7H,2-5,12H2,1H3,(H,13,14)(H,15,16)(H,17,18). The lowest BCUT2D eigenvalue weighted by atomic mass is 10.1. The summed E-state index contributed by atoms with van der Waals surface area (Å²) in [7, 11) is -1.48. The number of hydrogen-bond donors (Lipinski definition) is 4. The first-order chi connectivity index (χ1) is 9.27. The third-order valence-corrected chi connectivity index (χ3v) is 3.47. The van der Waals surface area contributed by atoms with Crippen molar-refractivity contribution >= 4 is 28.6 Å². The number of rotatable bonds is 9. The number of carbonyl (C=O) groups is 3. The smallest absolute Gasteiger partial charge is 0.353 e. The molecule has 9 heteroatoms. The molecule has 0 aromatic heterocycles. The monoisotopic (exact) mass is 306 g/mol. The summed E-state index contributed by atoms with van der Waals surface area (Å²) >= 11 is 0. The fourth-order valence-corrected chi connectivity index (χ4v) is 2.09. The average Bonchev–Trinajstić information content (AvgIpc) is 2.35. The van der Waals surface area contributed by atoms with Crippen molar-refractivity contribution in [1.82, 2.24) is 5.32 Å². The summed E-state index contributed by atoms with van der Waals surface area (Å²) in [5.41, 5.74) is 4.74. The molecule has 2 unspecified atom stereocenters. The molecule has 8 nitrogen and oxygen atoms in total.